The van der Waals surface area contributed by atoms with Crippen molar-refractivity contribution in [2.24, 2.45) is 7.05 Å². The Hall–Kier alpha value is -1.63. The van der Waals surface area contributed by atoms with Crippen LogP contribution in [0.2, 0.25) is 0 Å². The molecule has 1 aromatic heterocycles. The second-order valence-electron chi connectivity index (χ2n) is 3.71. The van der Waals surface area contributed by atoms with E-state index >= 15 is 0 Å². The summed E-state index contributed by atoms with van der Waals surface area (Å²) in [5.41, 5.74) is 0.452. The monoisotopic (exact) mass is 220 g/mol. The van der Waals surface area contributed by atoms with Crippen LogP contribution in [-0.4, -0.2) is 0 Å². The van der Waals surface area contributed by atoms with Gasteiger partial charge in [0.1, 0.15) is 8.42 Å². The van der Waals surface area contributed by atoms with Crippen molar-refractivity contribution < 1.29 is 15.5 Å². The van der Waals surface area contributed by atoms with Gasteiger partial charge in [-0.05, 0) is 37.8 Å². The summed E-state index contributed by atoms with van der Waals surface area (Å²) < 4.78 is 63.7. The molecule has 0 N–H and O–H groups in total. The minimum absolute atomic E-state index is 0.220. The van der Waals surface area contributed by atoms with E-state index < -0.39 is 31.0 Å². The number of benzene rings is 1. The van der Waals surface area contributed by atoms with Crippen molar-refractivity contribution in [1.82, 2.24) is 0 Å². The summed E-state index contributed by atoms with van der Waals surface area (Å²) in [7, 11) is 1.47. The van der Waals surface area contributed by atoms with Crippen molar-refractivity contribution in [3.05, 3.63) is 53.2 Å². The summed E-state index contributed by atoms with van der Waals surface area (Å²) >= 11 is 0. The van der Waals surface area contributed by atoms with Gasteiger partial charge in [-0.25, -0.2) is 4.57 Å². The third-order valence-corrected chi connectivity index (χ3v) is 2.51. The first kappa shape index (κ1) is 4.70. The van der Waals surface area contributed by atoms with Crippen LogP contribution in [0.25, 0.3) is 11.3 Å². The molecule has 1 nitrogen and oxygen atoms in total. The van der Waals surface area contributed by atoms with Gasteiger partial charge in [0.25, 0.3) is 0 Å². The molecule has 0 atom stereocenters. The van der Waals surface area contributed by atoms with Crippen LogP contribution in [0.15, 0.2) is 36.5 Å². The van der Waals surface area contributed by atoms with Crippen LogP contribution in [0.4, 0.5) is 0 Å². The highest BCUT2D eigenvalue weighted by atomic mass is 14.9. The molecule has 0 aliphatic heterocycles. The Bertz CT molecular complexity index is 790. The molecular weight excluding hydrogens is 194 g/mol. The summed E-state index contributed by atoms with van der Waals surface area (Å²) in [5.74, 6) is 0. The molecule has 16 heavy (non-hydrogen) atoms. The van der Waals surface area contributed by atoms with E-state index in [1.807, 2.05) is 19.1 Å². The van der Waals surface area contributed by atoms with Crippen LogP contribution < -0.4 is 4.57 Å². The second kappa shape index (κ2) is 4.09. The molecule has 0 amide bonds. The molecule has 0 saturated carbocycles. The quantitative estimate of drug-likeness (QED) is 0.650. The maximum atomic E-state index is 8.38. The number of hydrogen-bond acceptors (Lipinski definition) is 0. The van der Waals surface area contributed by atoms with Gasteiger partial charge < -0.3 is 0 Å². The molecule has 0 spiro atoms. The number of rotatable bonds is 1. The van der Waals surface area contributed by atoms with Crippen LogP contribution in [0.1, 0.15) is 27.7 Å². The number of hydrogen-bond donors (Lipinski definition) is 0. The second-order valence-corrected chi connectivity index (χ2v) is 3.71. The minimum atomic E-state index is -2.80. The van der Waals surface area contributed by atoms with Crippen molar-refractivity contribution in [1.29, 1.82) is 0 Å². The van der Waals surface area contributed by atoms with E-state index in [1.165, 1.54) is 11.6 Å². The van der Waals surface area contributed by atoms with E-state index in [0.29, 0.717) is 5.56 Å². The van der Waals surface area contributed by atoms with Gasteiger partial charge in [-0.3, -0.25) is 0 Å². The van der Waals surface area contributed by atoms with Gasteiger partial charge >= 0.3 is 0 Å². The fourth-order valence-corrected chi connectivity index (χ4v) is 1.63. The molecule has 82 valence electrons. The zero-order chi connectivity index (χ0) is 18.4. The van der Waals surface area contributed by atoms with Crippen LogP contribution in [-0.2, 0) is 7.05 Å². The summed E-state index contributed by atoms with van der Waals surface area (Å²) in [5, 5.41) is 0. The van der Waals surface area contributed by atoms with Crippen LogP contribution in [0.3, 0.4) is 0 Å². The Morgan fingerprint density at radius 3 is 2.56 bits per heavy atom. The van der Waals surface area contributed by atoms with Crippen molar-refractivity contribution >= 4 is 0 Å². The molecule has 0 aliphatic carbocycles. The Balaban J connectivity index is 3.02. The third-order valence-electron chi connectivity index (χ3n) is 2.51. The molecule has 1 heterocycles. The Morgan fingerprint density at radius 1 is 1.12 bits per heavy atom. The van der Waals surface area contributed by atoms with Gasteiger partial charge in [0, 0.05) is 25.4 Å². The lowest BCUT2D eigenvalue weighted by Crippen LogP contribution is -2.31. The fourth-order valence-electron chi connectivity index (χ4n) is 1.63. The first-order valence-electron chi connectivity index (χ1n) is 8.97. The smallest absolute Gasteiger partial charge is 0.201 e. The minimum Gasteiger partial charge on any atom is -0.201 e. The van der Waals surface area contributed by atoms with Crippen LogP contribution >= 0.6 is 0 Å². The molecule has 0 saturated heterocycles. The van der Waals surface area contributed by atoms with E-state index in [0.717, 1.165) is 5.56 Å². The lowest BCUT2D eigenvalue weighted by Gasteiger charge is -2.06. The topological polar surface area (TPSA) is 3.88 Å². The molecule has 0 bridgehead atoms. The first-order valence-corrected chi connectivity index (χ1v) is 4.97. The highest BCUT2D eigenvalue weighted by molar-refractivity contribution is 5.61. The van der Waals surface area contributed by atoms with Crippen LogP contribution in [0.5, 0.6) is 0 Å². The average Bonchev–Trinajstić information content (AvgIpc) is 2.42. The standard InChI is InChI=1S/C15H18N/c1-11-7-5-6-8-14(11)15-9-12(2)13(3)10-16(15)4/h5-10H,1-4H3/q+1/i2D3,3D3,9D,10D. The highest BCUT2D eigenvalue weighted by Crippen LogP contribution is 2.21. The zero-order valence-corrected chi connectivity index (χ0v) is 9.26. The fraction of sp³-hybridized carbons (Fsp3) is 0.267. The van der Waals surface area contributed by atoms with Gasteiger partial charge in [-0.1, -0.05) is 18.2 Å². The predicted octanol–water partition coefficient (Wildman–Crippen LogP) is 3.10. The number of nitrogens with zero attached hydrogens (tertiary/aromatic N) is 1. The molecule has 0 fully saturated rings. The maximum Gasteiger partial charge on any atom is 0.212 e. The van der Waals surface area contributed by atoms with E-state index in [1.54, 1.807) is 12.1 Å². The number of aromatic nitrogens is 1. The third kappa shape index (κ3) is 1.85. The Labute approximate surface area is 109 Å². The van der Waals surface area contributed by atoms with Crippen molar-refractivity contribution in [3.63, 3.8) is 0 Å². The molecule has 1 aromatic carbocycles. The summed E-state index contributed by atoms with van der Waals surface area (Å²) in [6.07, 6.45) is -0.421. The predicted molar refractivity (Wildman–Crippen MR) is 67.3 cm³/mol. The molecule has 0 radical (unpaired) electrons. The molecule has 1 heteroatoms. The lowest BCUT2D eigenvalue weighted by atomic mass is 10.0. The molecule has 0 aliphatic rings. The molecule has 2 aromatic rings. The van der Waals surface area contributed by atoms with Gasteiger partial charge in [0.15, 0.2) is 6.17 Å². The Kier molecular flexibility index (Phi) is 1.20. The highest BCUT2D eigenvalue weighted by Gasteiger charge is 2.13. The van der Waals surface area contributed by atoms with Gasteiger partial charge in [-0.2, -0.15) is 0 Å². The van der Waals surface area contributed by atoms with Gasteiger partial charge in [0.2, 0.25) is 5.69 Å². The van der Waals surface area contributed by atoms with E-state index in [2.05, 4.69) is 0 Å². The molecule has 0 unspecified atom stereocenters. The normalized spacial score (nSPS) is 19.4. The van der Waals surface area contributed by atoms with Crippen LogP contribution in [0, 0.1) is 20.6 Å². The first-order chi connectivity index (χ1) is 10.9. The van der Waals surface area contributed by atoms with Crippen molar-refractivity contribution in [2.45, 2.75) is 20.6 Å². The average molecular weight is 220 g/mol. The number of pyridine rings is 1. The molecular formula is C15H18N+. The van der Waals surface area contributed by atoms with E-state index in [9.17, 15) is 0 Å². The largest absolute Gasteiger partial charge is 0.212 e. The maximum absolute atomic E-state index is 8.38. The summed E-state index contributed by atoms with van der Waals surface area (Å²) in [6.45, 7) is -3.79. The SMILES string of the molecule is [2H]c1c(C([2H])([2H])[2H])c(C([2H])([2H])[2H])c([2H])[n+](C)c1-c1ccccc1C. The van der Waals surface area contributed by atoms with Gasteiger partial charge in [0.05, 0.1) is 1.37 Å². The van der Waals surface area contributed by atoms with E-state index in [4.69, 9.17) is 11.0 Å². The van der Waals surface area contributed by atoms with Gasteiger partial charge in [-0.15, -0.1) is 0 Å². The summed E-state index contributed by atoms with van der Waals surface area (Å²) in [4.78, 5) is 0. The number of aryl methyl sites for hydroxylation is 1. The Morgan fingerprint density at radius 2 is 1.88 bits per heavy atom. The van der Waals surface area contributed by atoms with E-state index in [-0.39, 0.29) is 11.7 Å². The summed E-state index contributed by atoms with van der Waals surface area (Å²) in [6, 6.07) is 6.71. The molecule has 2 rings (SSSR count). The lowest BCUT2D eigenvalue weighted by molar-refractivity contribution is -0.660. The van der Waals surface area contributed by atoms with Crippen molar-refractivity contribution in [3.8, 4) is 11.3 Å². The zero-order valence-electron chi connectivity index (χ0n) is 17.3. The van der Waals surface area contributed by atoms with Crippen molar-refractivity contribution in [2.75, 3.05) is 0 Å².